The molecule has 3 N–H and O–H groups in total. The lowest BCUT2D eigenvalue weighted by Gasteiger charge is -2.16. The van der Waals surface area contributed by atoms with E-state index in [-0.39, 0.29) is 0 Å². The predicted molar refractivity (Wildman–Crippen MR) is 97.1 cm³/mol. The fourth-order valence-corrected chi connectivity index (χ4v) is 3.65. The van der Waals surface area contributed by atoms with Crippen LogP contribution in [0, 0.1) is 0 Å². The minimum atomic E-state index is 0.332. The van der Waals surface area contributed by atoms with Crippen LogP contribution in [-0.4, -0.2) is 23.1 Å². The Labute approximate surface area is 145 Å². The average molecular weight is 330 g/mol. The third kappa shape index (κ3) is 5.39. The van der Waals surface area contributed by atoms with Crippen LogP contribution in [0.15, 0.2) is 23.3 Å². The summed E-state index contributed by atoms with van der Waals surface area (Å²) in [6.07, 6.45) is 14.6. The molecule has 1 aromatic heterocycles. The maximum atomic E-state index is 6.07. The number of nitrogens with zero attached hydrogens (tertiary/aromatic N) is 2. The summed E-state index contributed by atoms with van der Waals surface area (Å²) in [5.41, 5.74) is 7.15. The van der Waals surface area contributed by atoms with Crippen LogP contribution in [0.4, 0.5) is 0 Å². The molecule has 2 aliphatic carbocycles. The second kappa shape index (κ2) is 8.90. The van der Waals surface area contributed by atoms with Crippen LogP contribution in [0.25, 0.3) is 0 Å². The lowest BCUT2D eigenvalue weighted by atomic mass is 10.1. The Hall–Kier alpha value is -1.78. The molecule has 0 amide bonds. The molecule has 1 aromatic rings. The van der Waals surface area contributed by atoms with E-state index in [0.717, 1.165) is 18.4 Å². The van der Waals surface area contributed by atoms with E-state index in [4.69, 9.17) is 10.5 Å². The van der Waals surface area contributed by atoms with Crippen LogP contribution >= 0.6 is 0 Å². The van der Waals surface area contributed by atoms with Crippen LogP contribution in [0.2, 0.25) is 0 Å². The fraction of sp³-hybridized carbons (Fsp3) is 0.684. The zero-order valence-corrected chi connectivity index (χ0v) is 14.5. The van der Waals surface area contributed by atoms with Crippen molar-refractivity contribution in [3.63, 3.8) is 0 Å². The summed E-state index contributed by atoms with van der Waals surface area (Å²) < 4.78 is 5.95. The highest BCUT2D eigenvalue weighted by molar-refractivity contribution is 5.78. The van der Waals surface area contributed by atoms with Gasteiger partial charge in [-0.3, -0.25) is 0 Å². The minimum absolute atomic E-state index is 0.332. The Balaban J connectivity index is 1.50. The SMILES string of the molecule is NC(=NCc1ccnc(OC2CCCC2)c1)NC1CCCCCC1. The van der Waals surface area contributed by atoms with Crippen LogP contribution in [0.3, 0.4) is 0 Å². The Bertz CT molecular complexity index is 532. The molecule has 0 radical (unpaired) electrons. The number of aliphatic imine (C=N–C) groups is 1. The standard InChI is InChI=1S/C19H30N4O/c20-19(23-16-7-3-1-2-4-8-16)22-14-15-11-12-21-18(13-15)24-17-9-5-6-10-17/h11-13,16-17H,1-10,14H2,(H3,20,22,23). The van der Waals surface area contributed by atoms with Gasteiger partial charge in [0.25, 0.3) is 0 Å². The van der Waals surface area contributed by atoms with Crippen molar-refractivity contribution in [2.75, 3.05) is 0 Å². The van der Waals surface area contributed by atoms with Gasteiger partial charge in [0.2, 0.25) is 5.88 Å². The Kier molecular flexibility index (Phi) is 6.33. The highest BCUT2D eigenvalue weighted by atomic mass is 16.5. The molecule has 24 heavy (non-hydrogen) atoms. The zero-order valence-electron chi connectivity index (χ0n) is 14.5. The first-order chi connectivity index (χ1) is 11.8. The molecule has 2 fully saturated rings. The number of pyridine rings is 1. The second-order valence-electron chi connectivity index (χ2n) is 7.06. The van der Waals surface area contributed by atoms with Gasteiger partial charge in [-0.2, -0.15) is 0 Å². The molecular formula is C19H30N4O. The number of nitrogens with one attached hydrogen (secondary N) is 1. The lowest BCUT2D eigenvalue weighted by molar-refractivity contribution is 0.201. The largest absolute Gasteiger partial charge is 0.474 e. The first-order valence-corrected chi connectivity index (χ1v) is 9.47. The number of hydrogen-bond acceptors (Lipinski definition) is 3. The molecule has 1 heterocycles. The van der Waals surface area contributed by atoms with Gasteiger partial charge < -0.3 is 15.8 Å². The number of nitrogens with two attached hydrogens (primary N) is 1. The Morgan fingerprint density at radius 2 is 1.83 bits per heavy atom. The maximum Gasteiger partial charge on any atom is 0.213 e. The number of guanidine groups is 1. The summed E-state index contributed by atoms with van der Waals surface area (Å²) in [6.45, 7) is 0.565. The molecule has 0 aromatic carbocycles. The number of rotatable bonds is 5. The molecule has 132 valence electrons. The molecule has 5 heteroatoms. The van der Waals surface area contributed by atoms with E-state index in [9.17, 15) is 0 Å². The van der Waals surface area contributed by atoms with Gasteiger partial charge in [-0.1, -0.05) is 25.7 Å². The van der Waals surface area contributed by atoms with Crippen molar-refractivity contribution < 1.29 is 4.74 Å². The molecule has 5 nitrogen and oxygen atoms in total. The minimum Gasteiger partial charge on any atom is -0.474 e. The van der Waals surface area contributed by atoms with Gasteiger partial charge >= 0.3 is 0 Å². The molecular weight excluding hydrogens is 300 g/mol. The summed E-state index contributed by atoms with van der Waals surface area (Å²) in [5, 5.41) is 3.38. The summed E-state index contributed by atoms with van der Waals surface area (Å²) in [5.74, 6) is 1.27. The molecule has 0 spiro atoms. The first-order valence-electron chi connectivity index (χ1n) is 9.47. The Morgan fingerprint density at radius 1 is 1.12 bits per heavy atom. The van der Waals surface area contributed by atoms with Crippen molar-refractivity contribution in [3.8, 4) is 5.88 Å². The average Bonchev–Trinajstić information content (AvgIpc) is 2.96. The fourth-order valence-electron chi connectivity index (χ4n) is 3.65. The van der Waals surface area contributed by atoms with Crippen molar-refractivity contribution in [2.45, 2.75) is 82.9 Å². The number of ether oxygens (including phenoxy) is 1. The van der Waals surface area contributed by atoms with Gasteiger partial charge in [0.05, 0.1) is 6.54 Å². The highest BCUT2D eigenvalue weighted by Gasteiger charge is 2.17. The van der Waals surface area contributed by atoms with E-state index in [1.807, 2.05) is 12.1 Å². The zero-order chi connectivity index (χ0) is 16.6. The lowest BCUT2D eigenvalue weighted by Crippen LogP contribution is -2.39. The van der Waals surface area contributed by atoms with E-state index >= 15 is 0 Å². The van der Waals surface area contributed by atoms with Crippen molar-refractivity contribution in [1.29, 1.82) is 0 Å². The van der Waals surface area contributed by atoms with Crippen molar-refractivity contribution in [2.24, 2.45) is 10.7 Å². The number of aromatic nitrogens is 1. The molecule has 0 bridgehead atoms. The van der Waals surface area contributed by atoms with Crippen LogP contribution in [0.5, 0.6) is 5.88 Å². The molecule has 0 unspecified atom stereocenters. The second-order valence-corrected chi connectivity index (χ2v) is 7.06. The van der Waals surface area contributed by atoms with Crippen molar-refractivity contribution >= 4 is 5.96 Å². The summed E-state index contributed by atoms with van der Waals surface area (Å²) in [4.78, 5) is 8.81. The molecule has 0 atom stereocenters. The molecule has 3 rings (SSSR count). The van der Waals surface area contributed by atoms with Gasteiger partial charge in [0.15, 0.2) is 5.96 Å². The predicted octanol–water partition coefficient (Wildman–Crippen LogP) is 3.53. The van der Waals surface area contributed by atoms with E-state index in [1.165, 1.54) is 51.4 Å². The van der Waals surface area contributed by atoms with Gasteiger partial charge in [0, 0.05) is 18.3 Å². The first kappa shape index (κ1) is 17.1. The summed E-state index contributed by atoms with van der Waals surface area (Å²) in [6, 6.07) is 4.44. The Morgan fingerprint density at radius 3 is 2.58 bits per heavy atom. The summed E-state index contributed by atoms with van der Waals surface area (Å²) >= 11 is 0. The van der Waals surface area contributed by atoms with Crippen molar-refractivity contribution in [1.82, 2.24) is 10.3 Å². The van der Waals surface area contributed by atoms with Gasteiger partial charge in [-0.25, -0.2) is 9.98 Å². The van der Waals surface area contributed by atoms with Crippen molar-refractivity contribution in [3.05, 3.63) is 23.9 Å². The highest BCUT2D eigenvalue weighted by Crippen LogP contribution is 2.23. The smallest absolute Gasteiger partial charge is 0.213 e. The monoisotopic (exact) mass is 330 g/mol. The third-order valence-electron chi connectivity index (χ3n) is 5.03. The molecule has 2 aliphatic rings. The topological polar surface area (TPSA) is 72.5 Å². The van der Waals surface area contributed by atoms with E-state index in [1.54, 1.807) is 6.20 Å². The van der Waals surface area contributed by atoms with Crippen LogP contribution in [-0.2, 0) is 6.54 Å². The van der Waals surface area contributed by atoms with E-state index < -0.39 is 0 Å². The van der Waals surface area contributed by atoms with Gasteiger partial charge in [0.1, 0.15) is 6.10 Å². The number of hydrogen-bond donors (Lipinski definition) is 2. The maximum absolute atomic E-state index is 6.07. The quantitative estimate of drug-likeness (QED) is 0.492. The summed E-state index contributed by atoms with van der Waals surface area (Å²) in [7, 11) is 0. The van der Waals surface area contributed by atoms with E-state index in [0.29, 0.717) is 30.5 Å². The van der Waals surface area contributed by atoms with Crippen LogP contribution in [0.1, 0.15) is 69.8 Å². The van der Waals surface area contributed by atoms with E-state index in [2.05, 4.69) is 15.3 Å². The third-order valence-corrected chi connectivity index (χ3v) is 5.03. The molecule has 0 saturated heterocycles. The molecule has 0 aliphatic heterocycles. The van der Waals surface area contributed by atoms with Crippen LogP contribution < -0.4 is 15.8 Å². The molecule has 2 saturated carbocycles. The normalized spacial score (nSPS) is 20.8. The van der Waals surface area contributed by atoms with Gasteiger partial charge in [-0.15, -0.1) is 0 Å². The van der Waals surface area contributed by atoms with Gasteiger partial charge in [-0.05, 0) is 50.2 Å².